The lowest BCUT2D eigenvalue weighted by molar-refractivity contribution is 0.195. The van der Waals surface area contributed by atoms with Gasteiger partial charge in [0.15, 0.2) is 0 Å². The molecule has 7 aliphatic rings. The maximum atomic E-state index is 2.87. The molecule has 1 aromatic heterocycles. The van der Waals surface area contributed by atoms with Crippen LogP contribution in [0.1, 0.15) is 199 Å². The van der Waals surface area contributed by atoms with Gasteiger partial charge in [0.1, 0.15) is 0 Å². The number of nitrogens with zero attached hydrogens (tertiary/aromatic N) is 3. The second-order valence-corrected chi connectivity index (χ2v) is 31.6. The summed E-state index contributed by atoms with van der Waals surface area (Å²) in [6.45, 7) is 37.9. The Morgan fingerprint density at radius 1 is 0.405 bits per heavy atom. The van der Waals surface area contributed by atoms with Crippen molar-refractivity contribution in [2.75, 3.05) is 14.7 Å². The standard InChI is InChI=1S/C74H82BN3S/c1-44-35-48-53(72(12,13)43-71(48,10)11)40-58(44)77-60-42-52-50(68(4,5)32-34-70(52,8)9)39-55(60)75-54-38-49-51(69(6,7)33-31-67(49,2)3)41-59(54)76(57-26-22-28-64-65(57)46-23-16-19-27-63(46)79-64)61-36-45(37-62(77)66(61)75)78-56-25-18-17-24-47(56)73(14)29-20-21-30-74(73,78)15/h16-19,22-28,35-42H,20-21,29-34,43H2,1-15H3. The lowest BCUT2D eigenvalue weighted by Gasteiger charge is -2.52. The molecule has 0 spiro atoms. The van der Waals surface area contributed by atoms with E-state index in [2.05, 4.69) is 234 Å². The highest BCUT2D eigenvalue weighted by Crippen LogP contribution is 2.63. The Morgan fingerprint density at radius 3 is 1.51 bits per heavy atom. The number of aryl methyl sites for hydroxylation is 1. The van der Waals surface area contributed by atoms with Crippen LogP contribution in [0.25, 0.3) is 20.2 Å². The third kappa shape index (κ3) is 6.60. The zero-order valence-electron chi connectivity index (χ0n) is 50.2. The fraction of sp³-hybridized carbons (Fsp3) is 0.432. The minimum absolute atomic E-state index is 0.00112. The maximum absolute atomic E-state index is 2.87. The summed E-state index contributed by atoms with van der Waals surface area (Å²) in [4.78, 5) is 8.52. The number of hydrogen-bond acceptors (Lipinski definition) is 4. The Hall–Kier alpha value is -5.78. The molecule has 5 heteroatoms. The fourth-order valence-corrected chi connectivity index (χ4v) is 19.3. The summed E-state index contributed by atoms with van der Waals surface area (Å²) in [5.41, 5.74) is 27.0. The van der Waals surface area contributed by atoms with Gasteiger partial charge in [-0.15, -0.1) is 11.3 Å². The predicted molar refractivity (Wildman–Crippen MR) is 342 cm³/mol. The number of rotatable bonds is 3. The highest BCUT2D eigenvalue weighted by Gasteiger charge is 2.58. The topological polar surface area (TPSA) is 9.72 Å². The summed E-state index contributed by atoms with van der Waals surface area (Å²) in [6.07, 6.45) is 10.7. The van der Waals surface area contributed by atoms with Crippen LogP contribution in [-0.4, -0.2) is 12.3 Å². The van der Waals surface area contributed by atoms with Crippen molar-refractivity contribution in [2.24, 2.45) is 0 Å². The van der Waals surface area contributed by atoms with Gasteiger partial charge in [0.2, 0.25) is 0 Å². The van der Waals surface area contributed by atoms with E-state index in [1.807, 2.05) is 11.3 Å². The Balaban J connectivity index is 1.14. The summed E-state index contributed by atoms with van der Waals surface area (Å²) in [6, 6.07) is 47.6. The van der Waals surface area contributed by atoms with Crippen molar-refractivity contribution in [1.29, 1.82) is 0 Å². The van der Waals surface area contributed by atoms with Crippen molar-refractivity contribution in [1.82, 2.24) is 0 Å². The van der Waals surface area contributed by atoms with Gasteiger partial charge in [0.05, 0.1) is 11.2 Å². The first-order chi connectivity index (χ1) is 37.3. The van der Waals surface area contributed by atoms with E-state index in [1.54, 1.807) is 0 Å². The van der Waals surface area contributed by atoms with Gasteiger partial charge in [0.25, 0.3) is 6.71 Å². The molecule has 3 nitrogen and oxygen atoms in total. The molecule has 3 aliphatic heterocycles. The second kappa shape index (κ2) is 15.8. The summed E-state index contributed by atoms with van der Waals surface area (Å²) in [5, 5.41) is 2.70. The molecule has 1 saturated carbocycles. The molecule has 7 aromatic carbocycles. The highest BCUT2D eigenvalue weighted by molar-refractivity contribution is 7.26. The Morgan fingerprint density at radius 2 is 0.886 bits per heavy atom. The van der Waals surface area contributed by atoms with Gasteiger partial charge in [-0.2, -0.15) is 0 Å². The van der Waals surface area contributed by atoms with Crippen LogP contribution in [-0.2, 0) is 37.9 Å². The maximum Gasteiger partial charge on any atom is 0.252 e. The van der Waals surface area contributed by atoms with Gasteiger partial charge < -0.3 is 14.7 Å². The van der Waals surface area contributed by atoms with Gasteiger partial charge in [-0.1, -0.05) is 164 Å². The first kappa shape index (κ1) is 50.2. The molecule has 15 rings (SSSR count). The van der Waals surface area contributed by atoms with Crippen LogP contribution in [0.4, 0.5) is 45.5 Å². The van der Waals surface area contributed by atoms with Gasteiger partial charge in [-0.05, 0) is 207 Å². The van der Waals surface area contributed by atoms with E-state index < -0.39 is 0 Å². The molecular weight excluding hydrogens is 974 g/mol. The van der Waals surface area contributed by atoms with Gasteiger partial charge in [0, 0.05) is 65.4 Å². The molecule has 1 fully saturated rings. The van der Waals surface area contributed by atoms with Gasteiger partial charge >= 0.3 is 0 Å². The smallest absolute Gasteiger partial charge is 0.252 e. The molecule has 0 saturated heterocycles. The van der Waals surface area contributed by atoms with E-state index >= 15 is 0 Å². The molecule has 0 radical (unpaired) electrons. The molecule has 2 atom stereocenters. The van der Waals surface area contributed by atoms with Gasteiger partial charge in [-0.3, -0.25) is 0 Å². The molecule has 0 N–H and O–H groups in total. The lowest BCUT2D eigenvalue weighted by atomic mass is 9.32. The number of thiophene rings is 1. The monoisotopic (exact) mass is 1060 g/mol. The van der Waals surface area contributed by atoms with Crippen molar-refractivity contribution in [3.63, 3.8) is 0 Å². The third-order valence-electron chi connectivity index (χ3n) is 22.8. The van der Waals surface area contributed by atoms with E-state index in [1.165, 1.54) is 172 Å². The summed E-state index contributed by atoms with van der Waals surface area (Å²) in [5.74, 6) is 0. The molecular formula is C74H82BN3S. The van der Waals surface area contributed by atoms with Crippen LogP contribution < -0.4 is 31.1 Å². The average Bonchev–Trinajstić information content (AvgIpc) is 2.87. The van der Waals surface area contributed by atoms with Crippen LogP contribution in [0.15, 0.2) is 115 Å². The SMILES string of the molecule is Cc1cc2c(cc1N1c3cc4c(cc3B3c5cc6c(cc5N(c5cccc7sc8ccccc8c57)c5cc(N7c8ccccc8C8(C)CCCCC78C)cc1c53)C(C)(C)CCC6(C)C)C(C)(C)CCC4(C)C)C(C)(C)CC2(C)C. The van der Waals surface area contributed by atoms with Crippen LogP contribution in [0, 0.1) is 6.92 Å². The average molecular weight is 1060 g/mol. The number of para-hydroxylation sites is 1. The summed E-state index contributed by atoms with van der Waals surface area (Å²) < 4.78 is 2.68. The van der Waals surface area contributed by atoms with Crippen molar-refractivity contribution in [2.45, 2.75) is 205 Å². The minimum Gasteiger partial charge on any atom is -0.334 e. The third-order valence-corrected chi connectivity index (χ3v) is 23.9. The zero-order chi connectivity index (χ0) is 55.1. The van der Waals surface area contributed by atoms with E-state index in [0.29, 0.717) is 0 Å². The van der Waals surface area contributed by atoms with Crippen LogP contribution >= 0.6 is 11.3 Å². The van der Waals surface area contributed by atoms with Crippen molar-refractivity contribution in [3.05, 3.63) is 160 Å². The lowest BCUT2D eigenvalue weighted by Crippen LogP contribution is -2.62. The molecule has 4 aliphatic carbocycles. The fourth-order valence-electron chi connectivity index (χ4n) is 18.1. The molecule has 402 valence electrons. The van der Waals surface area contributed by atoms with E-state index in [-0.39, 0.29) is 50.2 Å². The number of anilines is 8. The minimum atomic E-state index is -0.129. The molecule has 0 bridgehead atoms. The van der Waals surface area contributed by atoms with E-state index in [9.17, 15) is 0 Å². The Kier molecular flexibility index (Phi) is 10.0. The van der Waals surface area contributed by atoms with E-state index in [4.69, 9.17) is 0 Å². The van der Waals surface area contributed by atoms with E-state index in [0.717, 1.165) is 12.8 Å². The number of hydrogen-bond donors (Lipinski definition) is 0. The quantitative estimate of drug-likeness (QED) is 0.163. The molecule has 79 heavy (non-hydrogen) atoms. The first-order valence-corrected chi connectivity index (χ1v) is 31.2. The largest absolute Gasteiger partial charge is 0.334 e. The van der Waals surface area contributed by atoms with Crippen molar-refractivity contribution >= 4 is 100 Å². The Bertz CT molecular complexity index is 3990. The number of fused-ring (bicyclic) bond motifs is 13. The van der Waals surface area contributed by atoms with Gasteiger partial charge in [-0.25, -0.2) is 0 Å². The predicted octanol–water partition coefficient (Wildman–Crippen LogP) is 18.8. The second-order valence-electron chi connectivity index (χ2n) is 30.5. The van der Waals surface area contributed by atoms with Crippen LogP contribution in [0.3, 0.4) is 0 Å². The molecule has 2 unspecified atom stereocenters. The van der Waals surface area contributed by atoms with Crippen LogP contribution in [0.5, 0.6) is 0 Å². The molecule has 0 amide bonds. The molecule has 8 aromatic rings. The van der Waals surface area contributed by atoms with Crippen molar-refractivity contribution in [3.8, 4) is 0 Å². The normalized spacial score (nSPS) is 24.5. The Labute approximate surface area is 476 Å². The summed E-state index contributed by atoms with van der Waals surface area (Å²) >= 11 is 1.94. The summed E-state index contributed by atoms with van der Waals surface area (Å²) in [7, 11) is 0. The highest BCUT2D eigenvalue weighted by atomic mass is 32.1. The number of benzene rings is 7. The zero-order valence-corrected chi connectivity index (χ0v) is 51.0. The van der Waals surface area contributed by atoms with Crippen LogP contribution in [0.2, 0.25) is 0 Å². The van der Waals surface area contributed by atoms with Crippen molar-refractivity contribution < 1.29 is 0 Å². The first-order valence-electron chi connectivity index (χ1n) is 30.4. The molecule has 4 heterocycles.